The molecular formula is C11H16N4O2S. The molecule has 0 bridgehead atoms. The van der Waals surface area contributed by atoms with Gasteiger partial charge < -0.3 is 16.0 Å². The third-order valence-corrected chi connectivity index (χ3v) is 3.70. The number of nitrogens with one attached hydrogen (secondary N) is 1. The number of carbonyl (C=O) groups is 2. The van der Waals surface area contributed by atoms with E-state index in [1.165, 1.54) is 18.3 Å². The second kappa shape index (κ2) is 5.45. The van der Waals surface area contributed by atoms with Crippen molar-refractivity contribution in [2.75, 3.05) is 13.1 Å². The Morgan fingerprint density at radius 2 is 2.44 bits per heavy atom. The molecule has 1 aliphatic rings. The lowest BCUT2D eigenvalue weighted by atomic mass is 10.2. The second-order valence-electron chi connectivity index (χ2n) is 4.27. The number of hydrogen-bond acceptors (Lipinski definition) is 5. The van der Waals surface area contributed by atoms with E-state index in [9.17, 15) is 9.59 Å². The number of likely N-dealkylation sites (tertiary alicyclic amines) is 1. The summed E-state index contributed by atoms with van der Waals surface area (Å²) >= 11 is 1.39. The van der Waals surface area contributed by atoms with Crippen molar-refractivity contribution in [3.63, 3.8) is 0 Å². The number of carbonyl (C=O) groups excluding carboxylic acids is 2. The molecule has 1 aliphatic heterocycles. The summed E-state index contributed by atoms with van der Waals surface area (Å²) in [6.45, 7) is 3.04. The summed E-state index contributed by atoms with van der Waals surface area (Å²) in [7, 11) is 0. The first-order valence-corrected chi connectivity index (χ1v) is 6.69. The molecule has 2 rings (SSSR count). The number of nitrogens with two attached hydrogens (primary N) is 1. The highest BCUT2D eigenvalue weighted by Crippen LogP contribution is 2.15. The van der Waals surface area contributed by atoms with Crippen molar-refractivity contribution >= 4 is 23.2 Å². The van der Waals surface area contributed by atoms with Crippen molar-refractivity contribution in [2.24, 2.45) is 5.73 Å². The van der Waals surface area contributed by atoms with Gasteiger partial charge in [0.1, 0.15) is 10.7 Å². The summed E-state index contributed by atoms with van der Waals surface area (Å²) in [5.41, 5.74) is 5.92. The number of thiazole rings is 1. The molecule has 1 saturated heterocycles. The van der Waals surface area contributed by atoms with Crippen molar-refractivity contribution in [1.82, 2.24) is 15.2 Å². The minimum Gasteiger partial charge on any atom is -0.352 e. The molecule has 7 heteroatoms. The van der Waals surface area contributed by atoms with Crippen molar-refractivity contribution in [3.8, 4) is 0 Å². The molecule has 0 saturated carbocycles. The van der Waals surface area contributed by atoms with Crippen LogP contribution < -0.4 is 11.1 Å². The Morgan fingerprint density at radius 3 is 3.06 bits per heavy atom. The molecule has 3 N–H and O–H groups in total. The Hall–Kier alpha value is -1.47. The first kappa shape index (κ1) is 13.0. The van der Waals surface area contributed by atoms with Crippen molar-refractivity contribution in [3.05, 3.63) is 16.1 Å². The fraction of sp³-hybridized carbons (Fsp3) is 0.545. The van der Waals surface area contributed by atoms with Crippen molar-refractivity contribution in [2.45, 2.75) is 25.9 Å². The molecule has 18 heavy (non-hydrogen) atoms. The lowest BCUT2D eigenvalue weighted by molar-refractivity contribution is -0.119. The van der Waals surface area contributed by atoms with Gasteiger partial charge in [-0.2, -0.15) is 0 Å². The van der Waals surface area contributed by atoms with Gasteiger partial charge in [0, 0.05) is 38.0 Å². The zero-order valence-electron chi connectivity index (χ0n) is 10.2. The van der Waals surface area contributed by atoms with E-state index >= 15 is 0 Å². The van der Waals surface area contributed by atoms with E-state index < -0.39 is 0 Å². The molecule has 0 aliphatic carbocycles. The molecule has 2 amide bonds. The number of rotatable bonds is 3. The van der Waals surface area contributed by atoms with Crippen molar-refractivity contribution in [1.29, 1.82) is 0 Å². The van der Waals surface area contributed by atoms with Crippen LogP contribution in [0.5, 0.6) is 0 Å². The van der Waals surface area contributed by atoms with E-state index in [1.54, 1.807) is 10.3 Å². The summed E-state index contributed by atoms with van der Waals surface area (Å²) in [5, 5.41) is 5.32. The molecule has 1 fully saturated rings. The van der Waals surface area contributed by atoms with E-state index in [4.69, 9.17) is 5.73 Å². The van der Waals surface area contributed by atoms with E-state index in [0.29, 0.717) is 25.3 Å². The summed E-state index contributed by atoms with van der Waals surface area (Å²) in [6.07, 6.45) is 0.791. The maximum atomic E-state index is 12.1. The molecule has 0 radical (unpaired) electrons. The third kappa shape index (κ3) is 2.85. The summed E-state index contributed by atoms with van der Waals surface area (Å²) < 4.78 is 0. The van der Waals surface area contributed by atoms with Gasteiger partial charge in [0.15, 0.2) is 0 Å². The Balaban J connectivity index is 1.96. The first-order chi connectivity index (χ1) is 8.60. The van der Waals surface area contributed by atoms with E-state index in [1.807, 2.05) is 0 Å². The number of nitrogens with zero attached hydrogens (tertiary/aromatic N) is 2. The normalized spacial score (nSPS) is 19.0. The monoisotopic (exact) mass is 268 g/mol. The summed E-state index contributed by atoms with van der Waals surface area (Å²) in [6, 6.07) is 0.0547. The lowest BCUT2D eigenvalue weighted by Crippen LogP contribution is -2.37. The van der Waals surface area contributed by atoms with Crippen LogP contribution in [-0.2, 0) is 11.3 Å². The van der Waals surface area contributed by atoms with E-state index in [0.717, 1.165) is 11.4 Å². The van der Waals surface area contributed by atoms with Crippen LogP contribution >= 0.6 is 11.3 Å². The van der Waals surface area contributed by atoms with E-state index in [-0.39, 0.29) is 17.9 Å². The lowest BCUT2D eigenvalue weighted by Gasteiger charge is -2.15. The SMILES string of the molecule is CC(=O)NC1CCN(C(=O)c2csc(CN)n2)C1. The minimum absolute atomic E-state index is 0.0547. The molecule has 1 unspecified atom stereocenters. The van der Waals surface area contributed by atoms with Crippen LogP contribution in [0.4, 0.5) is 0 Å². The molecule has 1 atom stereocenters. The van der Waals surface area contributed by atoms with Gasteiger partial charge in [0.2, 0.25) is 5.91 Å². The third-order valence-electron chi connectivity index (χ3n) is 2.83. The zero-order chi connectivity index (χ0) is 13.1. The number of hydrogen-bond donors (Lipinski definition) is 2. The van der Waals surface area contributed by atoms with Gasteiger partial charge >= 0.3 is 0 Å². The van der Waals surface area contributed by atoms with Gasteiger partial charge in [-0.05, 0) is 6.42 Å². The fourth-order valence-corrected chi connectivity index (χ4v) is 2.66. The topological polar surface area (TPSA) is 88.3 Å². The Labute approximate surface area is 109 Å². The predicted molar refractivity (Wildman–Crippen MR) is 68.1 cm³/mol. The van der Waals surface area contributed by atoms with Crippen LogP contribution in [0.25, 0.3) is 0 Å². The van der Waals surface area contributed by atoms with Crippen LogP contribution in [0.15, 0.2) is 5.38 Å². The van der Waals surface area contributed by atoms with Crippen LogP contribution in [0, 0.1) is 0 Å². The molecule has 6 nitrogen and oxygen atoms in total. The molecule has 1 aromatic heterocycles. The van der Waals surface area contributed by atoms with E-state index in [2.05, 4.69) is 10.3 Å². The maximum absolute atomic E-state index is 12.1. The second-order valence-corrected chi connectivity index (χ2v) is 5.21. The van der Waals surface area contributed by atoms with Crippen LogP contribution in [0.1, 0.15) is 28.8 Å². The van der Waals surface area contributed by atoms with Gasteiger partial charge in [0.05, 0.1) is 0 Å². The molecule has 98 valence electrons. The highest BCUT2D eigenvalue weighted by Gasteiger charge is 2.28. The van der Waals surface area contributed by atoms with Gasteiger partial charge in [-0.25, -0.2) is 4.98 Å². The molecule has 0 aromatic carbocycles. The quantitative estimate of drug-likeness (QED) is 0.804. The first-order valence-electron chi connectivity index (χ1n) is 5.81. The van der Waals surface area contributed by atoms with Crippen molar-refractivity contribution < 1.29 is 9.59 Å². The molecule has 2 heterocycles. The zero-order valence-corrected chi connectivity index (χ0v) is 11.0. The maximum Gasteiger partial charge on any atom is 0.273 e. The highest BCUT2D eigenvalue weighted by atomic mass is 32.1. The van der Waals surface area contributed by atoms with Gasteiger partial charge in [0.25, 0.3) is 5.91 Å². The largest absolute Gasteiger partial charge is 0.352 e. The van der Waals surface area contributed by atoms with Gasteiger partial charge in [-0.3, -0.25) is 9.59 Å². The molecular weight excluding hydrogens is 252 g/mol. The average Bonchev–Trinajstić information content (AvgIpc) is 2.95. The van der Waals surface area contributed by atoms with Gasteiger partial charge in [-0.1, -0.05) is 0 Å². The summed E-state index contributed by atoms with van der Waals surface area (Å²) in [5.74, 6) is -0.146. The smallest absolute Gasteiger partial charge is 0.273 e. The highest BCUT2D eigenvalue weighted by molar-refractivity contribution is 7.09. The standard InChI is InChI=1S/C11H16N4O2S/c1-7(16)13-8-2-3-15(5-8)11(17)9-6-18-10(4-12)14-9/h6,8H,2-5,12H2,1H3,(H,13,16). The average molecular weight is 268 g/mol. The van der Waals surface area contributed by atoms with Crippen LogP contribution in [0.3, 0.4) is 0 Å². The van der Waals surface area contributed by atoms with Crippen LogP contribution in [0.2, 0.25) is 0 Å². The fourth-order valence-electron chi connectivity index (χ4n) is 2.01. The molecule has 1 aromatic rings. The Kier molecular flexibility index (Phi) is 3.93. The number of aromatic nitrogens is 1. The summed E-state index contributed by atoms with van der Waals surface area (Å²) in [4.78, 5) is 29.0. The Morgan fingerprint density at radius 1 is 1.67 bits per heavy atom. The Bertz CT molecular complexity index is 460. The minimum atomic E-state index is -0.0844. The van der Waals surface area contributed by atoms with Crippen LogP contribution in [-0.4, -0.2) is 40.8 Å². The predicted octanol–water partition coefficient (Wildman–Crippen LogP) is -0.0476. The van der Waals surface area contributed by atoms with Gasteiger partial charge in [-0.15, -0.1) is 11.3 Å². The number of amides is 2. The molecule has 0 spiro atoms.